The predicted octanol–water partition coefficient (Wildman–Crippen LogP) is 2.04. The number of anilines is 1. The molecule has 0 unspecified atom stereocenters. The first-order valence-electron chi connectivity index (χ1n) is 6.47. The number of urea groups is 1. The van der Waals surface area contributed by atoms with Gasteiger partial charge < -0.3 is 4.90 Å². The van der Waals surface area contributed by atoms with Gasteiger partial charge in [0.15, 0.2) is 5.96 Å². The number of pyridine rings is 1. The van der Waals surface area contributed by atoms with E-state index in [2.05, 4.69) is 15.6 Å². The molecule has 2 amide bonds. The molecule has 1 aromatic heterocycles. The molecule has 6 nitrogen and oxygen atoms in total. The second kappa shape index (κ2) is 7.35. The van der Waals surface area contributed by atoms with Crippen LogP contribution >= 0.6 is 0 Å². The fraction of sp³-hybridized carbons (Fsp3) is 0.462. The Hall–Kier alpha value is -2.11. The number of aromatic nitrogens is 1. The number of nitrogens with one attached hydrogen (secondary N) is 3. The van der Waals surface area contributed by atoms with Crippen LogP contribution in [0.25, 0.3) is 0 Å². The zero-order valence-corrected chi connectivity index (χ0v) is 11.7. The minimum Gasteiger partial charge on any atom is -0.343 e. The molecule has 3 N–H and O–H groups in total. The van der Waals surface area contributed by atoms with Crippen molar-refractivity contribution in [2.45, 2.75) is 27.2 Å². The molecule has 1 aromatic rings. The van der Waals surface area contributed by atoms with Gasteiger partial charge in [-0.2, -0.15) is 0 Å². The van der Waals surface area contributed by atoms with Gasteiger partial charge >= 0.3 is 6.03 Å². The van der Waals surface area contributed by atoms with E-state index in [1.165, 1.54) is 0 Å². The highest BCUT2D eigenvalue weighted by Crippen LogP contribution is 2.11. The molecule has 0 spiro atoms. The Balaban J connectivity index is 2.63. The summed E-state index contributed by atoms with van der Waals surface area (Å²) in [5, 5.41) is 12.9. The Morgan fingerprint density at radius 3 is 2.63 bits per heavy atom. The van der Waals surface area contributed by atoms with E-state index < -0.39 is 6.03 Å². The zero-order valence-electron chi connectivity index (χ0n) is 11.7. The number of hydrogen-bond donors (Lipinski definition) is 3. The number of amides is 2. The first kappa shape index (κ1) is 14.9. The van der Waals surface area contributed by atoms with Gasteiger partial charge in [0.1, 0.15) is 5.82 Å². The lowest BCUT2D eigenvalue weighted by Crippen LogP contribution is -2.45. The molecule has 0 bridgehead atoms. The molecule has 0 aliphatic heterocycles. The number of aryl methyl sites for hydroxylation is 1. The number of hydrogen-bond acceptors (Lipinski definition) is 3. The maximum Gasteiger partial charge on any atom is 0.327 e. The molecule has 0 atom stereocenters. The standard InChI is InChI=1S/C13H21N5O/c1-4-10-8-7-9-15-11(10)16-13(19)17-12(14)18(5-2)6-3/h7-9H,4-6H2,1-3H3,(H3,14,15,16,17,19). The van der Waals surface area contributed by atoms with Gasteiger partial charge in [0.25, 0.3) is 0 Å². The Labute approximate surface area is 113 Å². The van der Waals surface area contributed by atoms with Crippen molar-refractivity contribution in [1.82, 2.24) is 15.2 Å². The van der Waals surface area contributed by atoms with E-state index in [0.29, 0.717) is 18.9 Å². The van der Waals surface area contributed by atoms with Crippen molar-refractivity contribution in [3.05, 3.63) is 23.9 Å². The largest absolute Gasteiger partial charge is 0.343 e. The highest BCUT2D eigenvalue weighted by atomic mass is 16.2. The molecule has 0 aliphatic carbocycles. The smallest absolute Gasteiger partial charge is 0.327 e. The quantitative estimate of drug-likeness (QED) is 0.574. The lowest BCUT2D eigenvalue weighted by atomic mass is 10.2. The van der Waals surface area contributed by atoms with Gasteiger partial charge in [-0.05, 0) is 31.9 Å². The van der Waals surface area contributed by atoms with E-state index in [1.807, 2.05) is 32.9 Å². The lowest BCUT2D eigenvalue weighted by molar-refractivity contribution is 0.254. The maximum absolute atomic E-state index is 11.8. The SMILES string of the molecule is CCc1cccnc1NC(=O)NC(=N)N(CC)CC. The third kappa shape index (κ3) is 4.24. The van der Waals surface area contributed by atoms with Gasteiger partial charge in [-0.25, -0.2) is 9.78 Å². The highest BCUT2D eigenvalue weighted by molar-refractivity contribution is 6.01. The van der Waals surface area contributed by atoms with E-state index in [0.717, 1.165) is 12.0 Å². The first-order valence-corrected chi connectivity index (χ1v) is 6.47. The second-order valence-electron chi connectivity index (χ2n) is 3.96. The van der Waals surface area contributed by atoms with Crippen LogP contribution in [0, 0.1) is 5.41 Å². The Morgan fingerprint density at radius 2 is 2.05 bits per heavy atom. The third-order valence-corrected chi connectivity index (χ3v) is 2.82. The minimum absolute atomic E-state index is 0.0940. The number of nitrogens with zero attached hydrogens (tertiary/aromatic N) is 2. The van der Waals surface area contributed by atoms with Crippen LogP contribution in [0.3, 0.4) is 0 Å². The van der Waals surface area contributed by atoms with Crippen LogP contribution in [0.15, 0.2) is 18.3 Å². The molecule has 19 heavy (non-hydrogen) atoms. The van der Waals surface area contributed by atoms with Crippen LogP contribution in [-0.4, -0.2) is 35.0 Å². The average molecular weight is 263 g/mol. The van der Waals surface area contributed by atoms with Gasteiger partial charge in [-0.15, -0.1) is 0 Å². The number of rotatable bonds is 4. The van der Waals surface area contributed by atoms with Crippen molar-refractivity contribution in [2.24, 2.45) is 0 Å². The first-order chi connectivity index (χ1) is 9.12. The fourth-order valence-electron chi connectivity index (χ4n) is 1.70. The molecular formula is C13H21N5O. The molecule has 0 fully saturated rings. The fourth-order valence-corrected chi connectivity index (χ4v) is 1.70. The molecule has 0 aromatic carbocycles. The van der Waals surface area contributed by atoms with Crippen LogP contribution in [0.2, 0.25) is 0 Å². The summed E-state index contributed by atoms with van der Waals surface area (Å²) in [7, 11) is 0. The molecule has 1 heterocycles. The molecule has 0 saturated heterocycles. The van der Waals surface area contributed by atoms with Crippen molar-refractivity contribution < 1.29 is 4.79 Å². The van der Waals surface area contributed by atoms with Crippen molar-refractivity contribution in [2.75, 3.05) is 18.4 Å². The summed E-state index contributed by atoms with van der Waals surface area (Å²) in [4.78, 5) is 17.7. The summed E-state index contributed by atoms with van der Waals surface area (Å²) in [6.45, 7) is 7.23. The van der Waals surface area contributed by atoms with Gasteiger partial charge in [0.2, 0.25) is 0 Å². The average Bonchev–Trinajstić information content (AvgIpc) is 2.40. The van der Waals surface area contributed by atoms with Crippen LogP contribution in [0.4, 0.5) is 10.6 Å². The molecule has 0 saturated carbocycles. The molecule has 104 valence electrons. The molecule has 1 rings (SSSR count). The summed E-state index contributed by atoms with van der Waals surface area (Å²) in [6, 6.07) is 3.31. The second-order valence-corrected chi connectivity index (χ2v) is 3.96. The van der Waals surface area contributed by atoms with Gasteiger partial charge in [-0.3, -0.25) is 16.0 Å². The summed E-state index contributed by atoms with van der Waals surface area (Å²) in [6.07, 6.45) is 2.42. The van der Waals surface area contributed by atoms with E-state index in [1.54, 1.807) is 11.1 Å². The summed E-state index contributed by atoms with van der Waals surface area (Å²) < 4.78 is 0. The normalized spacial score (nSPS) is 9.84. The van der Waals surface area contributed by atoms with Crippen molar-refractivity contribution >= 4 is 17.8 Å². The highest BCUT2D eigenvalue weighted by Gasteiger charge is 2.11. The van der Waals surface area contributed by atoms with Gasteiger partial charge in [-0.1, -0.05) is 13.0 Å². The molecule has 0 radical (unpaired) electrons. The number of carbonyl (C=O) groups excluding carboxylic acids is 1. The lowest BCUT2D eigenvalue weighted by Gasteiger charge is -2.21. The summed E-state index contributed by atoms with van der Waals surface area (Å²) in [5.74, 6) is 0.631. The monoisotopic (exact) mass is 263 g/mol. The minimum atomic E-state index is -0.440. The summed E-state index contributed by atoms with van der Waals surface area (Å²) in [5.41, 5.74) is 0.965. The van der Waals surface area contributed by atoms with Crippen LogP contribution in [0.5, 0.6) is 0 Å². The van der Waals surface area contributed by atoms with E-state index >= 15 is 0 Å². The van der Waals surface area contributed by atoms with Crippen LogP contribution < -0.4 is 10.6 Å². The molecule has 6 heteroatoms. The van der Waals surface area contributed by atoms with Crippen LogP contribution in [0.1, 0.15) is 26.3 Å². The van der Waals surface area contributed by atoms with E-state index in [4.69, 9.17) is 5.41 Å². The van der Waals surface area contributed by atoms with Gasteiger partial charge in [0, 0.05) is 19.3 Å². The maximum atomic E-state index is 11.8. The van der Waals surface area contributed by atoms with Crippen LogP contribution in [-0.2, 0) is 6.42 Å². The Kier molecular flexibility index (Phi) is 5.78. The van der Waals surface area contributed by atoms with Gasteiger partial charge in [0.05, 0.1) is 0 Å². The van der Waals surface area contributed by atoms with Crippen molar-refractivity contribution in [1.29, 1.82) is 5.41 Å². The van der Waals surface area contributed by atoms with E-state index in [9.17, 15) is 4.79 Å². The predicted molar refractivity (Wildman–Crippen MR) is 76.4 cm³/mol. The van der Waals surface area contributed by atoms with E-state index in [-0.39, 0.29) is 5.96 Å². The van der Waals surface area contributed by atoms with Crippen molar-refractivity contribution in [3.63, 3.8) is 0 Å². The molecular weight excluding hydrogens is 242 g/mol. The number of guanidine groups is 1. The topological polar surface area (TPSA) is 81.1 Å². The summed E-state index contributed by atoms with van der Waals surface area (Å²) >= 11 is 0. The van der Waals surface area contributed by atoms with Crippen molar-refractivity contribution in [3.8, 4) is 0 Å². The Morgan fingerprint density at radius 1 is 1.37 bits per heavy atom. The molecule has 0 aliphatic rings. The zero-order chi connectivity index (χ0) is 14.3. The third-order valence-electron chi connectivity index (χ3n) is 2.82. The Bertz CT molecular complexity index is 442. The number of carbonyl (C=O) groups is 1.